The molecule has 0 aliphatic carbocycles. The Balaban J connectivity index is 1.47. The first-order valence-electron chi connectivity index (χ1n) is 14.3. The number of carbonyl (C=O) groups is 2. The van der Waals surface area contributed by atoms with E-state index in [-0.39, 0.29) is 29.8 Å². The van der Waals surface area contributed by atoms with Crippen LogP contribution in [-0.4, -0.2) is 44.5 Å². The van der Waals surface area contributed by atoms with Crippen LogP contribution in [0.3, 0.4) is 0 Å². The fourth-order valence-electron chi connectivity index (χ4n) is 5.82. The zero-order valence-electron chi connectivity index (χ0n) is 24.3. The summed E-state index contributed by atoms with van der Waals surface area (Å²) in [6, 6.07) is 22.1. The van der Waals surface area contributed by atoms with Gasteiger partial charge in [0, 0.05) is 40.3 Å². The van der Waals surface area contributed by atoms with Crippen LogP contribution >= 0.6 is 15.9 Å². The highest BCUT2D eigenvalue weighted by atomic mass is 79.9. The van der Waals surface area contributed by atoms with Gasteiger partial charge in [-0.05, 0) is 54.7 Å². The Kier molecular flexibility index (Phi) is 7.89. The SMILES string of the molecule is [C-]#[N+]c1cc(C(=O)N2CCc3c(n4ncc(C[C@H](C)c5ccccc5)c4n(-c4ccc(C(=O)NC)cc4)c3=O)C2)ccc1Br. The van der Waals surface area contributed by atoms with Gasteiger partial charge >= 0.3 is 0 Å². The van der Waals surface area contributed by atoms with Crippen LogP contribution in [0.5, 0.6) is 0 Å². The Hall–Kier alpha value is -5.01. The molecule has 0 fully saturated rings. The van der Waals surface area contributed by atoms with E-state index < -0.39 is 0 Å². The van der Waals surface area contributed by atoms with Gasteiger partial charge in [0.25, 0.3) is 17.4 Å². The number of fused-ring (bicyclic) bond motifs is 3. The number of nitrogens with zero attached hydrogens (tertiary/aromatic N) is 5. The second-order valence-corrected chi connectivity index (χ2v) is 11.7. The minimum absolute atomic E-state index is 0.159. The Bertz CT molecular complexity index is 2010. The second-order valence-electron chi connectivity index (χ2n) is 10.9. The Labute approximate surface area is 262 Å². The van der Waals surface area contributed by atoms with E-state index in [1.165, 1.54) is 5.56 Å². The van der Waals surface area contributed by atoms with Crippen LogP contribution in [0.15, 0.2) is 88.3 Å². The number of nitrogens with one attached hydrogen (secondary N) is 1. The average Bonchev–Trinajstić information content (AvgIpc) is 3.47. The summed E-state index contributed by atoms with van der Waals surface area (Å²) in [5.74, 6) is -0.257. The normalized spacial score (nSPS) is 13.3. The number of hydrogen-bond acceptors (Lipinski definition) is 4. The zero-order chi connectivity index (χ0) is 31.0. The van der Waals surface area contributed by atoms with Gasteiger partial charge in [0.1, 0.15) is 5.65 Å². The minimum Gasteiger partial charge on any atom is -0.355 e. The largest absolute Gasteiger partial charge is 0.355 e. The third-order valence-corrected chi connectivity index (χ3v) is 8.85. The standard InChI is InChI=1S/C34H29BrN6O3/c1-21(22-7-5-4-6-8-22)17-25-19-38-41-30-20-39(33(43)24-11-14-28(35)29(18-24)36-2)16-15-27(30)34(44)40(32(25)41)26-12-9-23(10-13-26)31(42)37-3/h4-14,18-19,21H,15-17,20H2,1,3H3,(H,37,42)/t21-/m0/s1. The summed E-state index contributed by atoms with van der Waals surface area (Å²) in [7, 11) is 1.58. The molecule has 6 rings (SSSR count). The first-order valence-corrected chi connectivity index (χ1v) is 15.1. The molecule has 0 bridgehead atoms. The first kappa shape index (κ1) is 29.1. The molecule has 3 aromatic carbocycles. The number of rotatable bonds is 6. The number of halogens is 1. The van der Waals surface area contributed by atoms with Crippen LogP contribution in [0, 0.1) is 6.57 Å². The van der Waals surface area contributed by atoms with Gasteiger partial charge in [-0.3, -0.25) is 19.0 Å². The van der Waals surface area contributed by atoms with Gasteiger partial charge < -0.3 is 10.2 Å². The summed E-state index contributed by atoms with van der Waals surface area (Å²) in [4.78, 5) is 45.3. The average molecular weight is 650 g/mol. The first-order chi connectivity index (χ1) is 21.3. The van der Waals surface area contributed by atoms with Crippen molar-refractivity contribution in [3.8, 4) is 5.69 Å². The van der Waals surface area contributed by atoms with E-state index in [9.17, 15) is 14.4 Å². The topological polar surface area (TPSA) is 93.1 Å². The van der Waals surface area contributed by atoms with E-state index in [2.05, 4.69) is 45.1 Å². The lowest BCUT2D eigenvalue weighted by molar-refractivity contribution is 0.0729. The fourth-order valence-corrected chi connectivity index (χ4v) is 6.16. The molecule has 5 aromatic rings. The van der Waals surface area contributed by atoms with Crippen molar-refractivity contribution in [1.82, 2.24) is 24.4 Å². The van der Waals surface area contributed by atoms with Gasteiger partial charge in [0.05, 0.1) is 30.7 Å². The van der Waals surface area contributed by atoms with Crippen molar-refractivity contribution >= 4 is 39.1 Å². The van der Waals surface area contributed by atoms with Gasteiger partial charge in [0.2, 0.25) is 5.69 Å². The highest BCUT2D eigenvalue weighted by Gasteiger charge is 2.29. The number of hydrogen-bond donors (Lipinski definition) is 1. The molecule has 10 heteroatoms. The number of amides is 2. The number of benzene rings is 3. The monoisotopic (exact) mass is 648 g/mol. The van der Waals surface area contributed by atoms with Gasteiger partial charge in [-0.1, -0.05) is 65.3 Å². The molecule has 0 spiro atoms. The van der Waals surface area contributed by atoms with Crippen LogP contribution in [0.25, 0.3) is 16.2 Å². The Morgan fingerprint density at radius 2 is 1.80 bits per heavy atom. The molecule has 0 saturated heterocycles. The molecule has 3 heterocycles. The van der Waals surface area contributed by atoms with E-state index in [4.69, 9.17) is 11.7 Å². The molecule has 1 atom stereocenters. The van der Waals surface area contributed by atoms with Crippen molar-refractivity contribution in [3.63, 3.8) is 0 Å². The molecule has 44 heavy (non-hydrogen) atoms. The van der Waals surface area contributed by atoms with Crippen LogP contribution in [-0.2, 0) is 19.4 Å². The molecule has 1 aliphatic rings. The van der Waals surface area contributed by atoms with Crippen molar-refractivity contribution < 1.29 is 9.59 Å². The molecule has 220 valence electrons. The Morgan fingerprint density at radius 1 is 1.07 bits per heavy atom. The summed E-state index contributed by atoms with van der Waals surface area (Å²) in [5, 5.41) is 7.41. The quantitative estimate of drug-likeness (QED) is 0.239. The van der Waals surface area contributed by atoms with E-state index in [1.807, 2.05) is 18.2 Å². The maximum absolute atomic E-state index is 14.3. The summed E-state index contributed by atoms with van der Waals surface area (Å²) >= 11 is 3.36. The maximum Gasteiger partial charge on any atom is 0.261 e. The molecule has 9 nitrogen and oxygen atoms in total. The molecule has 1 N–H and O–H groups in total. The summed E-state index contributed by atoms with van der Waals surface area (Å²) in [6.45, 7) is 10.1. The molecular weight excluding hydrogens is 620 g/mol. The molecule has 0 unspecified atom stereocenters. The van der Waals surface area contributed by atoms with Crippen molar-refractivity contribution in [2.75, 3.05) is 13.6 Å². The highest BCUT2D eigenvalue weighted by molar-refractivity contribution is 9.10. The predicted molar refractivity (Wildman–Crippen MR) is 172 cm³/mol. The number of carbonyl (C=O) groups excluding carboxylic acids is 2. The lowest BCUT2D eigenvalue weighted by atomic mass is 9.95. The molecule has 2 amide bonds. The fraction of sp³-hybridized carbons (Fsp3) is 0.206. The highest BCUT2D eigenvalue weighted by Crippen LogP contribution is 2.30. The van der Waals surface area contributed by atoms with Crippen LogP contribution < -0.4 is 10.9 Å². The van der Waals surface area contributed by atoms with Crippen LogP contribution in [0.1, 0.15) is 55.9 Å². The number of aromatic nitrogens is 3. The van der Waals surface area contributed by atoms with E-state index >= 15 is 0 Å². The van der Waals surface area contributed by atoms with Gasteiger partial charge in [-0.25, -0.2) is 9.36 Å². The minimum atomic E-state index is -0.208. The smallest absolute Gasteiger partial charge is 0.261 e. The van der Waals surface area contributed by atoms with Gasteiger partial charge in [-0.2, -0.15) is 5.10 Å². The van der Waals surface area contributed by atoms with Gasteiger partial charge in [0.15, 0.2) is 0 Å². The second kappa shape index (κ2) is 11.9. The maximum atomic E-state index is 14.3. The lowest BCUT2D eigenvalue weighted by Gasteiger charge is -2.30. The predicted octanol–water partition coefficient (Wildman–Crippen LogP) is 5.70. The molecule has 2 aromatic heterocycles. The van der Waals surface area contributed by atoms with Gasteiger partial charge in [-0.15, -0.1) is 0 Å². The third kappa shape index (κ3) is 5.20. The summed E-state index contributed by atoms with van der Waals surface area (Å²) in [5.41, 5.74) is 5.72. The summed E-state index contributed by atoms with van der Waals surface area (Å²) in [6.07, 6.45) is 2.80. The Morgan fingerprint density at radius 3 is 2.50 bits per heavy atom. The van der Waals surface area contributed by atoms with Crippen molar-refractivity contribution in [1.29, 1.82) is 0 Å². The lowest BCUT2D eigenvalue weighted by Crippen LogP contribution is -2.41. The van der Waals surface area contributed by atoms with Crippen LogP contribution in [0.4, 0.5) is 5.69 Å². The van der Waals surface area contributed by atoms with E-state index in [0.29, 0.717) is 63.3 Å². The van der Waals surface area contributed by atoms with Crippen LogP contribution in [0.2, 0.25) is 0 Å². The van der Waals surface area contributed by atoms with E-state index in [1.54, 1.807) is 69.7 Å². The van der Waals surface area contributed by atoms with Crippen molar-refractivity contribution in [2.24, 2.45) is 0 Å². The van der Waals surface area contributed by atoms with Crippen molar-refractivity contribution in [2.45, 2.75) is 32.2 Å². The summed E-state index contributed by atoms with van der Waals surface area (Å²) < 4.78 is 4.11. The molecule has 0 saturated carbocycles. The molecule has 0 radical (unpaired) electrons. The van der Waals surface area contributed by atoms with Crippen molar-refractivity contribution in [3.05, 3.63) is 139 Å². The molecule has 1 aliphatic heterocycles. The zero-order valence-corrected chi connectivity index (χ0v) is 25.8. The molecular formula is C34H29BrN6O3. The van der Waals surface area contributed by atoms with E-state index in [0.717, 1.165) is 5.56 Å². The third-order valence-electron chi connectivity index (χ3n) is 8.18.